The number of halogens is 2. The number of benzene rings is 2. The van der Waals surface area contributed by atoms with Gasteiger partial charge in [0.25, 0.3) is 0 Å². The monoisotopic (exact) mass is 361 g/mol. The number of hydrogen-bond donors (Lipinski definition) is 2. The van der Waals surface area contributed by atoms with Crippen molar-refractivity contribution in [2.75, 3.05) is 28.6 Å². The Bertz CT molecular complexity index is 743. The minimum absolute atomic E-state index is 0.321. The molecule has 0 radical (unpaired) electrons. The van der Waals surface area contributed by atoms with Crippen molar-refractivity contribution in [2.45, 2.75) is 19.8 Å². The molecule has 1 heterocycles. The highest BCUT2D eigenvalue weighted by atomic mass is 35.5. The summed E-state index contributed by atoms with van der Waals surface area (Å²) >= 11 is 5.81. The number of urea groups is 1. The number of carbonyl (C=O) groups excluding carboxylic acids is 1. The van der Waals surface area contributed by atoms with Gasteiger partial charge in [0.05, 0.1) is 5.69 Å². The highest BCUT2D eigenvalue weighted by Gasteiger charge is 2.19. The third kappa shape index (κ3) is 4.63. The molecule has 2 aromatic rings. The largest absolute Gasteiger partial charge is 0.369 e. The van der Waals surface area contributed by atoms with Crippen LogP contribution < -0.4 is 15.5 Å². The third-order valence-corrected chi connectivity index (χ3v) is 4.68. The number of nitrogens with one attached hydrogen (secondary N) is 2. The van der Waals surface area contributed by atoms with Crippen molar-refractivity contribution in [3.63, 3.8) is 0 Å². The predicted molar refractivity (Wildman–Crippen MR) is 101 cm³/mol. The molecule has 0 spiro atoms. The molecule has 1 aliphatic rings. The van der Waals surface area contributed by atoms with E-state index in [1.54, 1.807) is 36.4 Å². The summed E-state index contributed by atoms with van der Waals surface area (Å²) in [5.74, 6) is 0.371. The van der Waals surface area contributed by atoms with Crippen LogP contribution in [0.15, 0.2) is 42.5 Å². The van der Waals surface area contributed by atoms with Crippen molar-refractivity contribution in [2.24, 2.45) is 5.92 Å². The van der Waals surface area contributed by atoms with Crippen molar-refractivity contribution < 1.29 is 9.18 Å². The van der Waals surface area contributed by atoms with Gasteiger partial charge in [0.2, 0.25) is 0 Å². The lowest BCUT2D eigenvalue weighted by atomic mass is 9.99. The van der Waals surface area contributed by atoms with Crippen molar-refractivity contribution >= 4 is 34.7 Å². The minimum Gasteiger partial charge on any atom is -0.369 e. The molecule has 4 nitrogen and oxygen atoms in total. The zero-order chi connectivity index (χ0) is 17.8. The maximum Gasteiger partial charge on any atom is 0.323 e. The summed E-state index contributed by atoms with van der Waals surface area (Å²) in [6, 6.07) is 11.1. The zero-order valence-electron chi connectivity index (χ0n) is 14.1. The lowest BCUT2D eigenvalue weighted by Gasteiger charge is -2.32. The number of hydrogen-bond acceptors (Lipinski definition) is 2. The maximum atomic E-state index is 14.4. The number of piperidine rings is 1. The quantitative estimate of drug-likeness (QED) is 0.773. The Morgan fingerprint density at radius 3 is 2.32 bits per heavy atom. The fourth-order valence-corrected chi connectivity index (χ4v) is 3.04. The van der Waals surface area contributed by atoms with Crippen LogP contribution in [0.2, 0.25) is 5.02 Å². The van der Waals surface area contributed by atoms with Crippen LogP contribution >= 0.6 is 11.6 Å². The van der Waals surface area contributed by atoms with E-state index in [4.69, 9.17) is 11.6 Å². The second-order valence-corrected chi connectivity index (χ2v) is 6.86. The molecule has 2 amide bonds. The van der Waals surface area contributed by atoms with E-state index in [9.17, 15) is 9.18 Å². The predicted octanol–water partition coefficient (Wildman–Crippen LogP) is 5.36. The molecule has 1 fully saturated rings. The van der Waals surface area contributed by atoms with E-state index in [2.05, 4.69) is 22.5 Å². The zero-order valence-corrected chi connectivity index (χ0v) is 14.8. The molecule has 2 N–H and O–H groups in total. The Morgan fingerprint density at radius 2 is 1.68 bits per heavy atom. The average Bonchev–Trinajstić information content (AvgIpc) is 2.58. The molecular weight excluding hydrogens is 341 g/mol. The summed E-state index contributed by atoms with van der Waals surface area (Å²) in [5.41, 5.74) is 1.62. The smallest absolute Gasteiger partial charge is 0.323 e. The molecule has 0 aromatic heterocycles. The molecule has 0 saturated carbocycles. The molecule has 6 heteroatoms. The number of amides is 2. The van der Waals surface area contributed by atoms with Crippen LogP contribution in [-0.2, 0) is 0 Å². The van der Waals surface area contributed by atoms with Crippen molar-refractivity contribution in [3.05, 3.63) is 53.3 Å². The molecule has 3 rings (SSSR count). The Hall–Kier alpha value is -2.27. The van der Waals surface area contributed by atoms with Crippen LogP contribution in [0.4, 0.5) is 26.2 Å². The molecular formula is C19H21ClFN3O. The summed E-state index contributed by atoms with van der Waals surface area (Å²) in [4.78, 5) is 14.1. The van der Waals surface area contributed by atoms with Crippen LogP contribution in [-0.4, -0.2) is 19.1 Å². The maximum absolute atomic E-state index is 14.4. The van der Waals surface area contributed by atoms with Gasteiger partial charge >= 0.3 is 6.03 Å². The highest BCUT2D eigenvalue weighted by molar-refractivity contribution is 6.30. The second-order valence-electron chi connectivity index (χ2n) is 6.42. The fraction of sp³-hybridized carbons (Fsp3) is 0.316. The standard InChI is InChI=1S/C19H21ClFN3O/c1-13-8-10-24(11-9-13)18-7-6-16(12-17(18)21)23-19(25)22-15-4-2-14(20)3-5-15/h2-7,12-13H,8-11H2,1H3,(H2,22,23,25). The van der Waals surface area contributed by atoms with E-state index in [1.165, 1.54) is 6.07 Å². The van der Waals surface area contributed by atoms with Gasteiger partial charge in [0.1, 0.15) is 5.82 Å². The normalized spacial score (nSPS) is 15.1. The van der Waals surface area contributed by atoms with Crippen LogP contribution in [0.1, 0.15) is 19.8 Å². The first-order chi connectivity index (χ1) is 12.0. The van der Waals surface area contributed by atoms with Crippen LogP contribution in [0.5, 0.6) is 0 Å². The Kier molecular flexibility index (Phi) is 5.43. The first-order valence-corrected chi connectivity index (χ1v) is 8.77. The van der Waals surface area contributed by atoms with E-state index >= 15 is 0 Å². The van der Waals surface area contributed by atoms with E-state index in [0.717, 1.165) is 25.9 Å². The molecule has 1 aliphatic heterocycles. The van der Waals surface area contributed by atoms with Crippen LogP contribution in [0, 0.1) is 11.7 Å². The second kappa shape index (κ2) is 7.74. The molecule has 132 valence electrons. The third-order valence-electron chi connectivity index (χ3n) is 4.43. The van der Waals surface area contributed by atoms with Crippen molar-refractivity contribution in [1.82, 2.24) is 0 Å². The molecule has 0 unspecified atom stereocenters. The Balaban J connectivity index is 1.62. The van der Waals surface area contributed by atoms with E-state index in [1.807, 2.05) is 0 Å². The SMILES string of the molecule is CC1CCN(c2ccc(NC(=O)Nc3ccc(Cl)cc3)cc2F)CC1. The fourth-order valence-electron chi connectivity index (χ4n) is 2.92. The van der Waals surface area contributed by atoms with Crippen molar-refractivity contribution in [1.29, 1.82) is 0 Å². The first-order valence-electron chi connectivity index (χ1n) is 8.39. The van der Waals surface area contributed by atoms with Crippen LogP contribution in [0.3, 0.4) is 0 Å². The van der Waals surface area contributed by atoms with E-state index in [0.29, 0.717) is 28.0 Å². The summed E-state index contributed by atoms with van der Waals surface area (Å²) in [6.45, 7) is 3.95. The molecule has 25 heavy (non-hydrogen) atoms. The van der Waals surface area contributed by atoms with Gasteiger partial charge in [0.15, 0.2) is 0 Å². The number of carbonyl (C=O) groups is 1. The van der Waals surface area contributed by atoms with E-state index < -0.39 is 6.03 Å². The summed E-state index contributed by atoms with van der Waals surface area (Å²) in [7, 11) is 0. The van der Waals surface area contributed by atoms with Gasteiger partial charge in [-0.1, -0.05) is 18.5 Å². The first kappa shape index (κ1) is 17.5. The van der Waals surface area contributed by atoms with Crippen molar-refractivity contribution in [3.8, 4) is 0 Å². The van der Waals surface area contributed by atoms with Gasteiger partial charge in [-0.25, -0.2) is 9.18 Å². The lowest BCUT2D eigenvalue weighted by Crippen LogP contribution is -2.33. The molecule has 2 aromatic carbocycles. The number of anilines is 3. The molecule has 0 atom stereocenters. The van der Waals surface area contributed by atoms with Gasteiger partial charge in [-0.3, -0.25) is 0 Å². The van der Waals surface area contributed by atoms with Gasteiger partial charge in [-0.05, 0) is 61.2 Å². The summed E-state index contributed by atoms with van der Waals surface area (Å²) in [5, 5.41) is 5.91. The van der Waals surface area contributed by atoms with Crippen LogP contribution in [0.25, 0.3) is 0 Å². The van der Waals surface area contributed by atoms with E-state index in [-0.39, 0.29) is 5.82 Å². The average molecular weight is 362 g/mol. The van der Waals surface area contributed by atoms with Gasteiger partial charge in [0, 0.05) is 29.5 Å². The lowest BCUT2D eigenvalue weighted by molar-refractivity contribution is 0.262. The van der Waals surface area contributed by atoms with Gasteiger partial charge in [-0.2, -0.15) is 0 Å². The minimum atomic E-state index is -0.429. The Morgan fingerprint density at radius 1 is 1.08 bits per heavy atom. The number of nitrogens with zero attached hydrogens (tertiary/aromatic N) is 1. The summed E-state index contributed by atoms with van der Waals surface area (Å²) < 4.78 is 14.4. The Labute approximate surface area is 152 Å². The molecule has 0 bridgehead atoms. The molecule has 0 aliphatic carbocycles. The number of rotatable bonds is 3. The molecule has 1 saturated heterocycles. The van der Waals surface area contributed by atoms with Gasteiger partial charge in [-0.15, -0.1) is 0 Å². The summed E-state index contributed by atoms with van der Waals surface area (Å²) in [6.07, 6.45) is 2.14. The topological polar surface area (TPSA) is 44.4 Å². The highest BCUT2D eigenvalue weighted by Crippen LogP contribution is 2.27. The van der Waals surface area contributed by atoms with Gasteiger partial charge < -0.3 is 15.5 Å².